The molecule has 1 rings (SSSR count). The second kappa shape index (κ2) is 6.50. The van der Waals surface area contributed by atoms with Crippen molar-refractivity contribution in [3.63, 3.8) is 0 Å². The lowest BCUT2D eigenvalue weighted by Gasteiger charge is -2.23. The molecule has 0 unspecified atom stereocenters. The van der Waals surface area contributed by atoms with Crippen LogP contribution in [-0.2, 0) is 9.53 Å². The van der Waals surface area contributed by atoms with Crippen LogP contribution in [0.3, 0.4) is 0 Å². The van der Waals surface area contributed by atoms with Gasteiger partial charge in [0.15, 0.2) is 0 Å². The number of carbonyl (C=O) groups is 2. The Hall–Kier alpha value is -1.91. The number of alkyl carbamates (subject to hydrolysis) is 1. The lowest BCUT2D eigenvalue weighted by atomic mass is 10.0. The van der Waals surface area contributed by atoms with E-state index >= 15 is 0 Å². The van der Waals surface area contributed by atoms with Crippen molar-refractivity contribution in [2.24, 2.45) is 0 Å². The summed E-state index contributed by atoms with van der Waals surface area (Å²) in [6, 6.07) is 3.93. The molecule has 0 radical (unpaired) electrons. The Balaban J connectivity index is 2.89. The van der Waals surface area contributed by atoms with Crippen LogP contribution in [0.1, 0.15) is 44.4 Å². The van der Waals surface area contributed by atoms with Gasteiger partial charge in [-0.3, -0.25) is 0 Å². The zero-order valence-electron chi connectivity index (χ0n) is 12.2. The molecule has 0 aromatic heterocycles. The van der Waals surface area contributed by atoms with Crippen LogP contribution in [0.5, 0.6) is 0 Å². The zero-order chi connectivity index (χ0) is 15.3. The number of amides is 1. The molecule has 5 heteroatoms. The van der Waals surface area contributed by atoms with Gasteiger partial charge in [-0.25, -0.2) is 9.18 Å². The standard InChI is InChI=1S/C15H20FNO3/c1-10-5-6-11(12(16)9-10)13(7-8-18)17-14(19)20-15(2,3)4/h5-6,8-9,13H,7H2,1-4H3,(H,17,19)/t13-/m1/s1. The van der Waals surface area contributed by atoms with Crippen LogP contribution in [0.4, 0.5) is 9.18 Å². The summed E-state index contributed by atoms with van der Waals surface area (Å²) >= 11 is 0. The molecule has 110 valence electrons. The van der Waals surface area contributed by atoms with Gasteiger partial charge >= 0.3 is 6.09 Å². The van der Waals surface area contributed by atoms with Gasteiger partial charge in [-0.05, 0) is 39.3 Å². The minimum Gasteiger partial charge on any atom is -0.444 e. The molecule has 0 bridgehead atoms. The Labute approximate surface area is 118 Å². The van der Waals surface area contributed by atoms with Crippen LogP contribution in [0.25, 0.3) is 0 Å². The number of carbonyl (C=O) groups excluding carboxylic acids is 2. The average molecular weight is 281 g/mol. The summed E-state index contributed by atoms with van der Waals surface area (Å²) in [4.78, 5) is 22.4. The Morgan fingerprint density at radius 2 is 2.10 bits per heavy atom. The second-order valence-electron chi connectivity index (χ2n) is 5.63. The summed E-state index contributed by atoms with van der Waals surface area (Å²) in [6.45, 7) is 6.96. The van der Waals surface area contributed by atoms with E-state index in [-0.39, 0.29) is 12.0 Å². The maximum absolute atomic E-state index is 13.9. The predicted molar refractivity (Wildman–Crippen MR) is 73.9 cm³/mol. The number of aldehydes is 1. The van der Waals surface area contributed by atoms with Crippen molar-refractivity contribution in [2.75, 3.05) is 0 Å². The third kappa shape index (κ3) is 4.99. The molecule has 20 heavy (non-hydrogen) atoms. The summed E-state index contributed by atoms with van der Waals surface area (Å²) in [5, 5.41) is 2.52. The van der Waals surface area contributed by atoms with Gasteiger partial charge in [0, 0.05) is 12.0 Å². The fraction of sp³-hybridized carbons (Fsp3) is 0.467. The Morgan fingerprint density at radius 3 is 2.60 bits per heavy atom. The minimum atomic E-state index is -0.733. The van der Waals surface area contributed by atoms with E-state index in [2.05, 4.69) is 5.32 Å². The number of rotatable bonds is 4. The summed E-state index contributed by atoms with van der Waals surface area (Å²) in [5.41, 5.74) is 0.392. The van der Waals surface area contributed by atoms with Gasteiger partial charge in [0.25, 0.3) is 0 Å². The van der Waals surface area contributed by atoms with E-state index in [1.165, 1.54) is 6.07 Å². The number of halogens is 1. The molecule has 1 aromatic carbocycles. The monoisotopic (exact) mass is 281 g/mol. The van der Waals surface area contributed by atoms with E-state index in [9.17, 15) is 14.0 Å². The smallest absolute Gasteiger partial charge is 0.408 e. The molecule has 0 saturated carbocycles. The molecule has 1 amide bonds. The van der Waals surface area contributed by atoms with Crippen molar-refractivity contribution in [1.82, 2.24) is 5.32 Å². The molecule has 1 N–H and O–H groups in total. The first kappa shape index (κ1) is 16.1. The van der Waals surface area contributed by atoms with Crippen molar-refractivity contribution in [3.8, 4) is 0 Å². The first-order chi connectivity index (χ1) is 9.23. The number of benzene rings is 1. The van der Waals surface area contributed by atoms with E-state index in [1.807, 2.05) is 0 Å². The summed E-state index contributed by atoms with van der Waals surface area (Å²) in [6.07, 6.45) is -0.0510. The second-order valence-corrected chi connectivity index (χ2v) is 5.63. The van der Waals surface area contributed by atoms with Gasteiger partial charge in [0.05, 0.1) is 6.04 Å². The van der Waals surface area contributed by atoms with Gasteiger partial charge in [0.1, 0.15) is 17.7 Å². The van der Waals surface area contributed by atoms with E-state index in [4.69, 9.17) is 4.74 Å². The van der Waals surface area contributed by atoms with Crippen molar-refractivity contribution in [3.05, 3.63) is 35.1 Å². The molecule has 1 aromatic rings. The lowest BCUT2D eigenvalue weighted by Crippen LogP contribution is -2.35. The SMILES string of the molecule is Cc1ccc([C@@H](CC=O)NC(=O)OC(C)(C)C)c(F)c1. The third-order valence-electron chi connectivity index (χ3n) is 2.55. The molecule has 4 nitrogen and oxygen atoms in total. The summed E-state index contributed by atoms with van der Waals surface area (Å²) in [7, 11) is 0. The number of ether oxygens (including phenoxy) is 1. The Morgan fingerprint density at radius 1 is 1.45 bits per heavy atom. The quantitative estimate of drug-likeness (QED) is 0.862. The molecule has 0 fully saturated rings. The van der Waals surface area contributed by atoms with Crippen LogP contribution in [0.15, 0.2) is 18.2 Å². The number of hydrogen-bond acceptors (Lipinski definition) is 3. The zero-order valence-corrected chi connectivity index (χ0v) is 12.2. The van der Waals surface area contributed by atoms with Gasteiger partial charge in [0.2, 0.25) is 0 Å². The molecule has 0 saturated heterocycles. The molecule has 1 atom stereocenters. The van der Waals surface area contributed by atoms with Crippen LogP contribution in [0.2, 0.25) is 0 Å². The van der Waals surface area contributed by atoms with Crippen LogP contribution in [-0.4, -0.2) is 18.0 Å². The minimum absolute atomic E-state index is 0.0147. The highest BCUT2D eigenvalue weighted by molar-refractivity contribution is 5.69. The fourth-order valence-corrected chi connectivity index (χ4v) is 1.72. The predicted octanol–water partition coefficient (Wildman–Crippen LogP) is 3.29. The van der Waals surface area contributed by atoms with E-state index in [0.717, 1.165) is 5.56 Å². The molecule has 0 heterocycles. The lowest BCUT2D eigenvalue weighted by molar-refractivity contribution is -0.108. The largest absolute Gasteiger partial charge is 0.444 e. The first-order valence-corrected chi connectivity index (χ1v) is 6.42. The summed E-state index contributed by atoms with van der Waals surface area (Å²) in [5.74, 6) is -0.451. The highest BCUT2D eigenvalue weighted by Gasteiger charge is 2.22. The van der Waals surface area contributed by atoms with E-state index in [0.29, 0.717) is 6.29 Å². The number of hydrogen-bond donors (Lipinski definition) is 1. The number of nitrogens with one attached hydrogen (secondary N) is 1. The average Bonchev–Trinajstić information content (AvgIpc) is 2.25. The molecular weight excluding hydrogens is 261 g/mol. The van der Waals surface area contributed by atoms with Crippen LogP contribution >= 0.6 is 0 Å². The normalized spacial score (nSPS) is 12.7. The van der Waals surface area contributed by atoms with Crippen molar-refractivity contribution in [1.29, 1.82) is 0 Å². The highest BCUT2D eigenvalue weighted by atomic mass is 19.1. The first-order valence-electron chi connectivity index (χ1n) is 6.42. The van der Waals surface area contributed by atoms with Gasteiger partial charge in [-0.15, -0.1) is 0 Å². The molecule has 0 aliphatic carbocycles. The molecular formula is C15H20FNO3. The van der Waals surface area contributed by atoms with Crippen LogP contribution < -0.4 is 5.32 Å². The van der Waals surface area contributed by atoms with Gasteiger partial charge in [-0.2, -0.15) is 0 Å². The number of aryl methyl sites for hydroxylation is 1. The molecule has 0 aliphatic rings. The Bertz CT molecular complexity index is 494. The molecule has 0 spiro atoms. The maximum atomic E-state index is 13.9. The van der Waals surface area contributed by atoms with Gasteiger partial charge < -0.3 is 14.8 Å². The van der Waals surface area contributed by atoms with E-state index in [1.54, 1.807) is 39.8 Å². The fourth-order valence-electron chi connectivity index (χ4n) is 1.72. The summed E-state index contributed by atoms with van der Waals surface area (Å²) < 4.78 is 19.0. The van der Waals surface area contributed by atoms with Crippen molar-refractivity contribution >= 4 is 12.4 Å². The van der Waals surface area contributed by atoms with Crippen molar-refractivity contribution < 1.29 is 18.7 Å². The van der Waals surface area contributed by atoms with Gasteiger partial charge in [-0.1, -0.05) is 12.1 Å². The highest BCUT2D eigenvalue weighted by Crippen LogP contribution is 2.21. The third-order valence-corrected chi connectivity index (χ3v) is 2.55. The van der Waals surface area contributed by atoms with E-state index < -0.39 is 23.6 Å². The Kier molecular flexibility index (Phi) is 5.25. The topological polar surface area (TPSA) is 55.4 Å². The van der Waals surface area contributed by atoms with Crippen LogP contribution in [0, 0.1) is 12.7 Å². The molecule has 0 aliphatic heterocycles. The maximum Gasteiger partial charge on any atom is 0.408 e. The van der Waals surface area contributed by atoms with Crippen molar-refractivity contribution in [2.45, 2.75) is 45.8 Å².